The number of hydrogen-bond acceptors (Lipinski definition) is 4. The van der Waals surface area contributed by atoms with Gasteiger partial charge in [0.1, 0.15) is 5.75 Å². The van der Waals surface area contributed by atoms with Gasteiger partial charge < -0.3 is 20.7 Å². The first-order chi connectivity index (χ1) is 11.9. The summed E-state index contributed by atoms with van der Waals surface area (Å²) in [6.45, 7) is 4.40. The van der Waals surface area contributed by atoms with Gasteiger partial charge in [0, 0.05) is 19.2 Å². The molecule has 3 N–H and O–H groups in total. The van der Waals surface area contributed by atoms with Gasteiger partial charge in [-0.2, -0.15) is 0 Å². The summed E-state index contributed by atoms with van der Waals surface area (Å²) in [4.78, 5) is 14.7. The predicted molar refractivity (Wildman–Crippen MR) is 102 cm³/mol. The molecule has 0 saturated heterocycles. The van der Waals surface area contributed by atoms with E-state index in [1.165, 1.54) is 18.7 Å². The van der Waals surface area contributed by atoms with Crippen molar-refractivity contribution in [1.82, 2.24) is 10.2 Å². The SMILES string of the molecule is CCN(C)Cc1cccc(CNC(=O)c2cc(Cl)c(N)cc2OC)c1. The van der Waals surface area contributed by atoms with E-state index in [1.54, 1.807) is 6.07 Å². The van der Waals surface area contributed by atoms with E-state index < -0.39 is 0 Å². The summed E-state index contributed by atoms with van der Waals surface area (Å²) in [6.07, 6.45) is 0. The monoisotopic (exact) mass is 361 g/mol. The molecule has 0 aliphatic heterocycles. The molecular weight excluding hydrogens is 338 g/mol. The molecule has 0 aliphatic carbocycles. The maximum atomic E-state index is 12.5. The van der Waals surface area contributed by atoms with E-state index >= 15 is 0 Å². The molecule has 2 rings (SSSR count). The molecular formula is C19H24ClN3O2. The van der Waals surface area contributed by atoms with E-state index in [4.69, 9.17) is 22.1 Å². The third-order valence-electron chi connectivity index (χ3n) is 4.00. The maximum absolute atomic E-state index is 12.5. The lowest BCUT2D eigenvalue weighted by Gasteiger charge is -2.15. The number of nitrogens with zero attached hydrogens (tertiary/aromatic N) is 1. The number of methoxy groups -OCH3 is 1. The van der Waals surface area contributed by atoms with Crippen molar-refractivity contribution in [3.05, 3.63) is 58.1 Å². The maximum Gasteiger partial charge on any atom is 0.255 e. The zero-order valence-electron chi connectivity index (χ0n) is 14.8. The van der Waals surface area contributed by atoms with Gasteiger partial charge in [-0.15, -0.1) is 0 Å². The van der Waals surface area contributed by atoms with Crippen LogP contribution in [-0.4, -0.2) is 31.5 Å². The van der Waals surface area contributed by atoms with Crippen molar-refractivity contribution < 1.29 is 9.53 Å². The summed E-state index contributed by atoms with van der Waals surface area (Å²) in [5, 5.41) is 3.23. The number of hydrogen-bond donors (Lipinski definition) is 2. The minimum Gasteiger partial charge on any atom is -0.496 e. The number of ether oxygens (including phenoxy) is 1. The number of nitrogens with two attached hydrogens (primary N) is 1. The Hall–Kier alpha value is -2.24. The molecule has 0 heterocycles. The molecule has 0 fully saturated rings. The lowest BCUT2D eigenvalue weighted by Crippen LogP contribution is -2.23. The quantitative estimate of drug-likeness (QED) is 0.742. The molecule has 0 saturated carbocycles. The second-order valence-corrected chi connectivity index (χ2v) is 6.31. The molecule has 134 valence electrons. The summed E-state index contributed by atoms with van der Waals surface area (Å²) >= 11 is 6.02. The molecule has 0 aliphatic rings. The van der Waals surface area contributed by atoms with Crippen molar-refractivity contribution in [2.24, 2.45) is 0 Å². The summed E-state index contributed by atoms with van der Waals surface area (Å²) in [7, 11) is 3.57. The molecule has 25 heavy (non-hydrogen) atoms. The van der Waals surface area contributed by atoms with Crippen molar-refractivity contribution in [3.8, 4) is 5.75 Å². The second kappa shape index (κ2) is 8.74. The van der Waals surface area contributed by atoms with Gasteiger partial charge in [0.05, 0.1) is 23.4 Å². The number of carbonyl (C=O) groups is 1. The van der Waals surface area contributed by atoms with Gasteiger partial charge in [-0.05, 0) is 30.8 Å². The van der Waals surface area contributed by atoms with Crippen LogP contribution in [0.1, 0.15) is 28.4 Å². The molecule has 0 unspecified atom stereocenters. The van der Waals surface area contributed by atoms with Gasteiger partial charge in [-0.3, -0.25) is 4.79 Å². The largest absolute Gasteiger partial charge is 0.496 e. The van der Waals surface area contributed by atoms with Crippen molar-refractivity contribution in [3.63, 3.8) is 0 Å². The average molecular weight is 362 g/mol. The number of carbonyl (C=O) groups excluding carboxylic acids is 1. The van der Waals surface area contributed by atoms with E-state index in [0.29, 0.717) is 28.6 Å². The molecule has 5 nitrogen and oxygen atoms in total. The van der Waals surface area contributed by atoms with Gasteiger partial charge in [0.15, 0.2) is 0 Å². The number of halogens is 1. The van der Waals surface area contributed by atoms with Crippen LogP contribution in [0, 0.1) is 0 Å². The first kappa shape index (κ1) is 19.1. The number of rotatable bonds is 7. The van der Waals surface area contributed by atoms with Crippen molar-refractivity contribution >= 4 is 23.2 Å². The van der Waals surface area contributed by atoms with Crippen LogP contribution < -0.4 is 15.8 Å². The average Bonchev–Trinajstić information content (AvgIpc) is 2.61. The molecule has 0 bridgehead atoms. The Morgan fingerprint density at radius 3 is 2.68 bits per heavy atom. The number of amides is 1. The smallest absolute Gasteiger partial charge is 0.255 e. The van der Waals surface area contributed by atoms with Crippen molar-refractivity contribution in [2.75, 3.05) is 26.4 Å². The topological polar surface area (TPSA) is 67.6 Å². The Kier molecular flexibility index (Phi) is 6.67. The highest BCUT2D eigenvalue weighted by Crippen LogP contribution is 2.28. The fourth-order valence-corrected chi connectivity index (χ4v) is 2.62. The Bertz CT molecular complexity index is 749. The molecule has 2 aromatic rings. The van der Waals surface area contributed by atoms with Crippen LogP contribution in [0.3, 0.4) is 0 Å². The minimum absolute atomic E-state index is 0.255. The Balaban J connectivity index is 2.08. The van der Waals surface area contributed by atoms with Crippen LogP contribution in [0.4, 0.5) is 5.69 Å². The summed E-state index contributed by atoms with van der Waals surface area (Å²) in [6, 6.07) is 11.2. The molecule has 6 heteroatoms. The molecule has 0 atom stereocenters. The number of nitrogens with one attached hydrogen (secondary N) is 1. The fraction of sp³-hybridized carbons (Fsp3) is 0.316. The van der Waals surface area contributed by atoms with E-state index in [0.717, 1.165) is 18.7 Å². The van der Waals surface area contributed by atoms with Crippen molar-refractivity contribution in [1.29, 1.82) is 0 Å². The highest BCUT2D eigenvalue weighted by molar-refractivity contribution is 6.33. The molecule has 0 radical (unpaired) electrons. The van der Waals surface area contributed by atoms with E-state index in [-0.39, 0.29) is 5.91 Å². The van der Waals surface area contributed by atoms with Gasteiger partial charge >= 0.3 is 0 Å². The van der Waals surface area contributed by atoms with Crippen LogP contribution in [0.25, 0.3) is 0 Å². The van der Waals surface area contributed by atoms with Crippen LogP contribution in [-0.2, 0) is 13.1 Å². The Morgan fingerprint density at radius 1 is 1.28 bits per heavy atom. The third kappa shape index (κ3) is 5.11. The fourth-order valence-electron chi connectivity index (χ4n) is 2.45. The normalized spacial score (nSPS) is 10.8. The van der Waals surface area contributed by atoms with Crippen molar-refractivity contribution in [2.45, 2.75) is 20.0 Å². The Labute approximate surface area is 153 Å². The lowest BCUT2D eigenvalue weighted by atomic mass is 10.1. The molecule has 0 aromatic heterocycles. The first-order valence-corrected chi connectivity index (χ1v) is 8.50. The highest BCUT2D eigenvalue weighted by Gasteiger charge is 2.15. The number of benzene rings is 2. The van der Waals surface area contributed by atoms with Crippen LogP contribution in [0.15, 0.2) is 36.4 Å². The second-order valence-electron chi connectivity index (χ2n) is 5.91. The predicted octanol–water partition coefficient (Wildman–Crippen LogP) is 3.31. The third-order valence-corrected chi connectivity index (χ3v) is 4.33. The zero-order valence-corrected chi connectivity index (χ0v) is 15.6. The molecule has 0 spiro atoms. The minimum atomic E-state index is -0.255. The number of anilines is 1. The van der Waals surface area contributed by atoms with Crippen LogP contribution in [0.2, 0.25) is 5.02 Å². The van der Waals surface area contributed by atoms with Gasteiger partial charge in [0.2, 0.25) is 0 Å². The van der Waals surface area contributed by atoms with Crippen LogP contribution in [0.5, 0.6) is 5.75 Å². The molecule has 1 amide bonds. The van der Waals surface area contributed by atoms with E-state index in [1.807, 2.05) is 12.1 Å². The van der Waals surface area contributed by atoms with E-state index in [2.05, 4.69) is 36.3 Å². The summed E-state index contributed by atoms with van der Waals surface area (Å²) < 4.78 is 5.22. The first-order valence-electron chi connectivity index (χ1n) is 8.12. The van der Waals surface area contributed by atoms with Crippen LogP contribution >= 0.6 is 11.6 Å². The molecule has 2 aromatic carbocycles. The highest BCUT2D eigenvalue weighted by atomic mass is 35.5. The van der Waals surface area contributed by atoms with E-state index in [9.17, 15) is 4.79 Å². The summed E-state index contributed by atoms with van der Waals surface area (Å²) in [5.74, 6) is 0.146. The lowest BCUT2D eigenvalue weighted by molar-refractivity contribution is 0.0948. The number of nitrogen functional groups attached to an aromatic ring is 1. The standard InChI is InChI=1S/C19H24ClN3O2/c1-4-23(2)12-14-7-5-6-13(8-14)11-22-19(24)15-9-16(20)17(21)10-18(15)25-3/h5-10H,4,11-12,21H2,1-3H3,(H,22,24). The van der Waals surface area contributed by atoms with Gasteiger partial charge in [0.25, 0.3) is 5.91 Å². The van der Waals surface area contributed by atoms with Gasteiger partial charge in [-0.25, -0.2) is 0 Å². The Morgan fingerprint density at radius 2 is 2.00 bits per heavy atom. The summed E-state index contributed by atoms with van der Waals surface area (Å²) in [5.41, 5.74) is 8.74. The van der Waals surface area contributed by atoms with Gasteiger partial charge in [-0.1, -0.05) is 42.8 Å². The zero-order chi connectivity index (χ0) is 18.4.